The Morgan fingerprint density at radius 3 is 2.81 bits per heavy atom. The van der Waals surface area contributed by atoms with Crippen molar-refractivity contribution in [3.63, 3.8) is 0 Å². The second kappa shape index (κ2) is 5.55. The summed E-state index contributed by atoms with van der Waals surface area (Å²) in [6, 6.07) is 10.3. The number of aryl methyl sites for hydroxylation is 1. The van der Waals surface area contributed by atoms with E-state index in [1.54, 1.807) is 0 Å². The Balaban J connectivity index is 1.87. The van der Waals surface area contributed by atoms with Gasteiger partial charge in [-0.15, -0.1) is 11.8 Å². The van der Waals surface area contributed by atoms with E-state index in [2.05, 4.69) is 39.3 Å². The standard InChI is InChI=1S/C12H12BrNOS/c1-9-6-11(15-14-9)8-16-7-10-4-2-3-5-12(10)13/h2-6H,7-8H2,1H3. The lowest BCUT2D eigenvalue weighted by Crippen LogP contribution is -1.83. The van der Waals surface area contributed by atoms with Gasteiger partial charge in [0, 0.05) is 16.3 Å². The van der Waals surface area contributed by atoms with Crippen LogP contribution < -0.4 is 0 Å². The van der Waals surface area contributed by atoms with E-state index in [1.165, 1.54) is 5.56 Å². The summed E-state index contributed by atoms with van der Waals surface area (Å²) in [5.74, 6) is 2.78. The molecule has 0 saturated carbocycles. The molecule has 0 amide bonds. The Morgan fingerprint density at radius 2 is 2.12 bits per heavy atom. The minimum absolute atomic E-state index is 0.863. The lowest BCUT2D eigenvalue weighted by molar-refractivity contribution is 0.391. The molecule has 0 unspecified atom stereocenters. The largest absolute Gasteiger partial charge is 0.360 e. The molecule has 0 bridgehead atoms. The van der Waals surface area contributed by atoms with Gasteiger partial charge >= 0.3 is 0 Å². The van der Waals surface area contributed by atoms with Crippen molar-refractivity contribution in [1.29, 1.82) is 0 Å². The van der Waals surface area contributed by atoms with Crippen LogP contribution >= 0.6 is 27.7 Å². The molecule has 0 aliphatic heterocycles. The number of nitrogens with zero attached hydrogens (tertiary/aromatic N) is 1. The number of halogens is 1. The fourth-order valence-electron chi connectivity index (χ4n) is 1.36. The van der Waals surface area contributed by atoms with Gasteiger partial charge in [0.2, 0.25) is 0 Å². The Bertz CT molecular complexity index is 470. The maximum atomic E-state index is 5.15. The van der Waals surface area contributed by atoms with Crippen LogP contribution in [-0.4, -0.2) is 5.16 Å². The van der Waals surface area contributed by atoms with Gasteiger partial charge in [0.05, 0.1) is 11.4 Å². The molecule has 1 aromatic heterocycles. The number of hydrogen-bond donors (Lipinski definition) is 0. The highest BCUT2D eigenvalue weighted by molar-refractivity contribution is 9.10. The van der Waals surface area contributed by atoms with E-state index in [1.807, 2.05) is 30.8 Å². The fourth-order valence-corrected chi connectivity index (χ4v) is 2.88. The van der Waals surface area contributed by atoms with E-state index >= 15 is 0 Å². The Hall–Kier alpha value is -0.740. The van der Waals surface area contributed by atoms with Crippen LogP contribution in [0.15, 0.2) is 39.3 Å². The Kier molecular flexibility index (Phi) is 4.07. The molecule has 16 heavy (non-hydrogen) atoms. The highest BCUT2D eigenvalue weighted by Gasteiger charge is 2.02. The van der Waals surface area contributed by atoms with Crippen LogP contribution in [-0.2, 0) is 11.5 Å². The molecule has 0 spiro atoms. The van der Waals surface area contributed by atoms with Gasteiger partial charge in [-0.1, -0.05) is 39.3 Å². The summed E-state index contributed by atoms with van der Waals surface area (Å²) in [5, 5.41) is 3.86. The van der Waals surface area contributed by atoms with Gasteiger partial charge in [-0.2, -0.15) is 0 Å². The first-order chi connectivity index (χ1) is 7.75. The zero-order valence-corrected chi connectivity index (χ0v) is 11.3. The molecule has 1 heterocycles. The summed E-state index contributed by atoms with van der Waals surface area (Å²) in [4.78, 5) is 0. The number of aromatic nitrogens is 1. The summed E-state index contributed by atoms with van der Waals surface area (Å²) < 4.78 is 6.31. The summed E-state index contributed by atoms with van der Waals surface area (Å²) in [7, 11) is 0. The van der Waals surface area contributed by atoms with Crippen LogP contribution in [0.1, 0.15) is 17.0 Å². The predicted octanol–water partition coefficient (Wildman–Crippen LogP) is 4.18. The van der Waals surface area contributed by atoms with Crippen LogP contribution in [0.25, 0.3) is 0 Å². The molecule has 4 heteroatoms. The summed E-state index contributed by atoms with van der Waals surface area (Å²) in [6.45, 7) is 1.94. The molecule has 2 aromatic rings. The zero-order valence-electron chi connectivity index (χ0n) is 8.94. The quantitative estimate of drug-likeness (QED) is 0.847. The fraction of sp³-hybridized carbons (Fsp3) is 0.250. The molecule has 2 rings (SSSR count). The van der Waals surface area contributed by atoms with E-state index in [0.29, 0.717) is 0 Å². The smallest absolute Gasteiger partial charge is 0.146 e. The van der Waals surface area contributed by atoms with Gasteiger partial charge in [-0.05, 0) is 18.6 Å². The lowest BCUT2D eigenvalue weighted by Gasteiger charge is -2.02. The molecule has 0 radical (unpaired) electrons. The first-order valence-corrected chi connectivity index (χ1v) is 6.94. The summed E-state index contributed by atoms with van der Waals surface area (Å²) >= 11 is 5.36. The van der Waals surface area contributed by atoms with Crippen molar-refractivity contribution < 1.29 is 4.52 Å². The molecular weight excluding hydrogens is 286 g/mol. The summed E-state index contributed by atoms with van der Waals surface area (Å²) in [5.41, 5.74) is 2.25. The van der Waals surface area contributed by atoms with Crippen LogP contribution in [0, 0.1) is 6.92 Å². The van der Waals surface area contributed by atoms with Crippen molar-refractivity contribution in [3.8, 4) is 0 Å². The molecule has 0 fully saturated rings. The van der Waals surface area contributed by atoms with Crippen LogP contribution in [0.2, 0.25) is 0 Å². The van der Waals surface area contributed by atoms with E-state index in [0.717, 1.165) is 27.4 Å². The third-order valence-electron chi connectivity index (χ3n) is 2.14. The SMILES string of the molecule is Cc1cc(CSCc2ccccc2Br)on1. The first kappa shape index (κ1) is 11.7. The number of benzene rings is 1. The van der Waals surface area contributed by atoms with Gasteiger partial charge in [0.1, 0.15) is 5.76 Å². The number of thioether (sulfide) groups is 1. The van der Waals surface area contributed by atoms with Crippen LogP contribution in [0.4, 0.5) is 0 Å². The average Bonchev–Trinajstić information content (AvgIpc) is 2.67. The molecular formula is C12H12BrNOS. The van der Waals surface area contributed by atoms with E-state index in [-0.39, 0.29) is 0 Å². The van der Waals surface area contributed by atoms with Crippen molar-refractivity contribution >= 4 is 27.7 Å². The van der Waals surface area contributed by atoms with Crippen molar-refractivity contribution in [3.05, 3.63) is 51.8 Å². The molecule has 0 saturated heterocycles. The van der Waals surface area contributed by atoms with Crippen molar-refractivity contribution in [2.45, 2.75) is 18.4 Å². The first-order valence-electron chi connectivity index (χ1n) is 4.99. The second-order valence-electron chi connectivity index (χ2n) is 3.52. The highest BCUT2D eigenvalue weighted by atomic mass is 79.9. The molecule has 1 aromatic carbocycles. The summed E-state index contributed by atoms with van der Waals surface area (Å²) in [6.07, 6.45) is 0. The highest BCUT2D eigenvalue weighted by Crippen LogP contribution is 2.23. The molecule has 0 atom stereocenters. The molecule has 2 nitrogen and oxygen atoms in total. The van der Waals surface area contributed by atoms with E-state index in [4.69, 9.17) is 4.52 Å². The topological polar surface area (TPSA) is 26.0 Å². The molecule has 0 aliphatic carbocycles. The van der Waals surface area contributed by atoms with Crippen LogP contribution in [0.5, 0.6) is 0 Å². The van der Waals surface area contributed by atoms with E-state index < -0.39 is 0 Å². The van der Waals surface area contributed by atoms with Gasteiger partial charge in [0.25, 0.3) is 0 Å². The second-order valence-corrected chi connectivity index (χ2v) is 5.36. The molecule has 0 aliphatic rings. The Morgan fingerprint density at radius 1 is 1.31 bits per heavy atom. The molecule has 0 N–H and O–H groups in total. The zero-order chi connectivity index (χ0) is 11.4. The predicted molar refractivity (Wildman–Crippen MR) is 70.4 cm³/mol. The Labute approximate surface area is 108 Å². The van der Waals surface area contributed by atoms with Crippen LogP contribution in [0.3, 0.4) is 0 Å². The van der Waals surface area contributed by atoms with Crippen molar-refractivity contribution in [2.75, 3.05) is 0 Å². The average molecular weight is 298 g/mol. The lowest BCUT2D eigenvalue weighted by atomic mass is 10.2. The van der Waals surface area contributed by atoms with E-state index in [9.17, 15) is 0 Å². The maximum Gasteiger partial charge on any atom is 0.146 e. The van der Waals surface area contributed by atoms with Gasteiger partial charge < -0.3 is 4.52 Å². The third kappa shape index (κ3) is 3.12. The minimum atomic E-state index is 0.863. The number of rotatable bonds is 4. The third-order valence-corrected chi connectivity index (χ3v) is 3.91. The van der Waals surface area contributed by atoms with Gasteiger partial charge in [-0.25, -0.2) is 0 Å². The number of hydrogen-bond acceptors (Lipinski definition) is 3. The minimum Gasteiger partial charge on any atom is -0.360 e. The van der Waals surface area contributed by atoms with Crippen molar-refractivity contribution in [1.82, 2.24) is 5.16 Å². The molecule has 84 valence electrons. The van der Waals surface area contributed by atoms with Crippen molar-refractivity contribution in [2.24, 2.45) is 0 Å². The maximum absolute atomic E-state index is 5.15. The van der Waals surface area contributed by atoms with Gasteiger partial charge in [0.15, 0.2) is 0 Å². The monoisotopic (exact) mass is 297 g/mol. The van der Waals surface area contributed by atoms with Gasteiger partial charge in [-0.3, -0.25) is 0 Å². The normalized spacial score (nSPS) is 10.6.